The molecule has 0 radical (unpaired) electrons. The SMILES string of the molecule is CCC[C@@H](O)[C@H](C)[C@@H](C)O. The van der Waals surface area contributed by atoms with Crippen LogP contribution in [0, 0.1) is 5.92 Å². The average molecular weight is 146 g/mol. The Hall–Kier alpha value is -0.0800. The minimum atomic E-state index is -0.401. The number of hydrogen-bond acceptors (Lipinski definition) is 2. The lowest BCUT2D eigenvalue weighted by Crippen LogP contribution is -2.26. The third kappa shape index (κ3) is 3.18. The van der Waals surface area contributed by atoms with Gasteiger partial charge in [0.1, 0.15) is 0 Å². The van der Waals surface area contributed by atoms with Crippen LogP contribution in [0.3, 0.4) is 0 Å². The smallest absolute Gasteiger partial charge is 0.0590 e. The summed E-state index contributed by atoms with van der Waals surface area (Å²) in [7, 11) is 0. The van der Waals surface area contributed by atoms with Crippen molar-refractivity contribution in [1.29, 1.82) is 0 Å². The molecule has 0 aromatic heterocycles. The Morgan fingerprint density at radius 3 is 2.00 bits per heavy atom. The summed E-state index contributed by atoms with van der Waals surface area (Å²) in [5.41, 5.74) is 0. The van der Waals surface area contributed by atoms with Crippen LogP contribution in [-0.4, -0.2) is 22.4 Å². The zero-order valence-corrected chi connectivity index (χ0v) is 7.04. The van der Waals surface area contributed by atoms with Crippen molar-refractivity contribution in [3.05, 3.63) is 0 Å². The highest BCUT2D eigenvalue weighted by Gasteiger charge is 2.17. The highest BCUT2D eigenvalue weighted by molar-refractivity contribution is 4.67. The fourth-order valence-electron chi connectivity index (χ4n) is 0.880. The normalized spacial score (nSPS) is 20.1. The van der Waals surface area contributed by atoms with Crippen LogP contribution < -0.4 is 0 Å². The lowest BCUT2D eigenvalue weighted by atomic mass is 9.96. The lowest BCUT2D eigenvalue weighted by Gasteiger charge is -2.20. The van der Waals surface area contributed by atoms with Gasteiger partial charge in [-0.2, -0.15) is 0 Å². The average Bonchev–Trinajstić information content (AvgIpc) is 1.87. The second-order valence-electron chi connectivity index (χ2n) is 2.96. The Kier molecular flexibility index (Phi) is 4.65. The van der Waals surface area contributed by atoms with E-state index in [1.165, 1.54) is 0 Å². The van der Waals surface area contributed by atoms with Crippen LogP contribution >= 0.6 is 0 Å². The second-order valence-corrected chi connectivity index (χ2v) is 2.96. The Morgan fingerprint density at radius 1 is 1.20 bits per heavy atom. The molecule has 3 atom stereocenters. The zero-order valence-electron chi connectivity index (χ0n) is 7.04. The molecule has 0 aliphatic rings. The first-order chi connectivity index (χ1) is 4.59. The first-order valence-corrected chi connectivity index (χ1v) is 3.95. The van der Waals surface area contributed by atoms with Gasteiger partial charge < -0.3 is 10.2 Å². The number of aliphatic hydroxyl groups is 2. The Labute approximate surface area is 62.9 Å². The van der Waals surface area contributed by atoms with Gasteiger partial charge in [0, 0.05) is 5.92 Å². The Balaban J connectivity index is 3.58. The highest BCUT2D eigenvalue weighted by atomic mass is 16.3. The van der Waals surface area contributed by atoms with Gasteiger partial charge in [0.2, 0.25) is 0 Å². The van der Waals surface area contributed by atoms with Gasteiger partial charge in [0.05, 0.1) is 12.2 Å². The van der Waals surface area contributed by atoms with Crippen LogP contribution in [0.1, 0.15) is 33.6 Å². The molecule has 0 rings (SSSR count). The van der Waals surface area contributed by atoms with E-state index >= 15 is 0 Å². The molecular formula is C8H18O2. The van der Waals surface area contributed by atoms with E-state index in [0.29, 0.717) is 0 Å². The molecule has 10 heavy (non-hydrogen) atoms. The van der Waals surface area contributed by atoms with Gasteiger partial charge in [-0.05, 0) is 13.3 Å². The molecule has 0 aliphatic heterocycles. The predicted octanol–water partition coefficient (Wildman–Crippen LogP) is 1.16. The third-order valence-electron chi connectivity index (χ3n) is 1.95. The van der Waals surface area contributed by atoms with Crippen LogP contribution in [0.4, 0.5) is 0 Å². The van der Waals surface area contributed by atoms with Gasteiger partial charge in [-0.3, -0.25) is 0 Å². The fraction of sp³-hybridized carbons (Fsp3) is 1.00. The molecule has 0 saturated heterocycles. The number of rotatable bonds is 4. The fourth-order valence-corrected chi connectivity index (χ4v) is 0.880. The standard InChI is InChI=1S/C8H18O2/c1-4-5-8(10)6(2)7(3)9/h6-10H,4-5H2,1-3H3/t6-,7-,8-/m1/s1. The largest absolute Gasteiger partial charge is 0.393 e. The van der Waals surface area contributed by atoms with E-state index in [1.807, 2.05) is 13.8 Å². The van der Waals surface area contributed by atoms with E-state index in [4.69, 9.17) is 5.11 Å². The van der Waals surface area contributed by atoms with Crippen molar-refractivity contribution in [3.63, 3.8) is 0 Å². The van der Waals surface area contributed by atoms with Crippen LogP contribution in [0.2, 0.25) is 0 Å². The number of hydrogen-bond donors (Lipinski definition) is 2. The molecule has 0 spiro atoms. The third-order valence-corrected chi connectivity index (χ3v) is 1.95. The maximum atomic E-state index is 9.33. The molecule has 0 heterocycles. The maximum Gasteiger partial charge on any atom is 0.0590 e. The van der Waals surface area contributed by atoms with Gasteiger partial charge in [0.15, 0.2) is 0 Å². The summed E-state index contributed by atoms with van der Waals surface area (Å²) >= 11 is 0. The summed E-state index contributed by atoms with van der Waals surface area (Å²) in [6.07, 6.45) is 1.01. The highest BCUT2D eigenvalue weighted by Crippen LogP contribution is 2.12. The summed E-state index contributed by atoms with van der Waals surface area (Å²) in [5.74, 6) is -0.0000463. The molecule has 2 nitrogen and oxygen atoms in total. The summed E-state index contributed by atoms with van der Waals surface area (Å²) in [6.45, 7) is 5.60. The maximum absolute atomic E-state index is 9.33. The van der Waals surface area contributed by atoms with E-state index in [-0.39, 0.29) is 12.0 Å². The zero-order chi connectivity index (χ0) is 8.15. The van der Waals surface area contributed by atoms with Crippen LogP contribution in [0.15, 0.2) is 0 Å². The van der Waals surface area contributed by atoms with Crippen molar-refractivity contribution < 1.29 is 10.2 Å². The molecule has 2 N–H and O–H groups in total. The van der Waals surface area contributed by atoms with E-state index < -0.39 is 6.10 Å². The summed E-state index contributed by atoms with van der Waals surface area (Å²) in [4.78, 5) is 0. The minimum absolute atomic E-state index is 0.0000463. The topological polar surface area (TPSA) is 40.5 Å². The molecule has 62 valence electrons. The van der Waals surface area contributed by atoms with E-state index in [1.54, 1.807) is 6.92 Å². The van der Waals surface area contributed by atoms with E-state index in [0.717, 1.165) is 12.8 Å². The minimum Gasteiger partial charge on any atom is -0.393 e. The van der Waals surface area contributed by atoms with E-state index in [2.05, 4.69) is 0 Å². The Morgan fingerprint density at radius 2 is 1.70 bits per heavy atom. The van der Waals surface area contributed by atoms with Crippen molar-refractivity contribution in [3.8, 4) is 0 Å². The van der Waals surface area contributed by atoms with Gasteiger partial charge in [-0.1, -0.05) is 20.3 Å². The first-order valence-electron chi connectivity index (χ1n) is 3.95. The molecule has 0 aliphatic carbocycles. The summed E-state index contributed by atoms with van der Waals surface area (Å²) in [5, 5.41) is 18.4. The van der Waals surface area contributed by atoms with Crippen LogP contribution in [-0.2, 0) is 0 Å². The second kappa shape index (κ2) is 4.69. The summed E-state index contributed by atoms with van der Waals surface area (Å²) < 4.78 is 0. The van der Waals surface area contributed by atoms with Crippen molar-refractivity contribution in [1.82, 2.24) is 0 Å². The molecule has 0 aromatic rings. The monoisotopic (exact) mass is 146 g/mol. The molecule has 2 heteroatoms. The van der Waals surface area contributed by atoms with Crippen molar-refractivity contribution in [2.45, 2.75) is 45.8 Å². The van der Waals surface area contributed by atoms with Crippen molar-refractivity contribution >= 4 is 0 Å². The predicted molar refractivity (Wildman–Crippen MR) is 41.8 cm³/mol. The van der Waals surface area contributed by atoms with Gasteiger partial charge in [0.25, 0.3) is 0 Å². The first kappa shape index (κ1) is 9.92. The lowest BCUT2D eigenvalue weighted by molar-refractivity contribution is 0.0268. The van der Waals surface area contributed by atoms with Gasteiger partial charge >= 0.3 is 0 Å². The number of aliphatic hydroxyl groups excluding tert-OH is 2. The Bertz CT molecular complexity index is 81.3. The molecule has 0 bridgehead atoms. The van der Waals surface area contributed by atoms with Crippen LogP contribution in [0.5, 0.6) is 0 Å². The van der Waals surface area contributed by atoms with Crippen molar-refractivity contribution in [2.24, 2.45) is 5.92 Å². The van der Waals surface area contributed by atoms with Gasteiger partial charge in [-0.25, -0.2) is 0 Å². The molecular weight excluding hydrogens is 128 g/mol. The molecule has 0 amide bonds. The van der Waals surface area contributed by atoms with Crippen LogP contribution in [0.25, 0.3) is 0 Å². The molecule has 0 aromatic carbocycles. The quantitative estimate of drug-likeness (QED) is 0.625. The molecule has 0 saturated carbocycles. The molecule has 0 unspecified atom stereocenters. The summed E-state index contributed by atoms with van der Waals surface area (Å²) in [6, 6.07) is 0. The van der Waals surface area contributed by atoms with E-state index in [9.17, 15) is 5.11 Å². The van der Waals surface area contributed by atoms with Crippen molar-refractivity contribution in [2.75, 3.05) is 0 Å². The molecule has 0 fully saturated rings. The van der Waals surface area contributed by atoms with Gasteiger partial charge in [-0.15, -0.1) is 0 Å².